The Kier molecular flexibility index (Phi) is 3.73. The van der Waals surface area contributed by atoms with E-state index < -0.39 is 23.5 Å². The Labute approximate surface area is 154 Å². The van der Waals surface area contributed by atoms with Crippen molar-refractivity contribution in [3.63, 3.8) is 0 Å². The van der Waals surface area contributed by atoms with Crippen LogP contribution in [0.4, 0.5) is 0 Å². The number of hydrogen-bond acceptors (Lipinski definition) is 7. The zero-order valence-electron chi connectivity index (χ0n) is 14.5. The smallest absolute Gasteiger partial charge is 0.360 e. The maximum absolute atomic E-state index is 13.0. The van der Waals surface area contributed by atoms with E-state index in [1.54, 1.807) is 48.5 Å². The van der Waals surface area contributed by atoms with Crippen LogP contribution < -0.4 is 4.74 Å². The number of hydrogen-bond donors (Lipinski definition) is 0. The van der Waals surface area contributed by atoms with Crippen molar-refractivity contribution < 1.29 is 33.3 Å². The minimum absolute atomic E-state index is 0.0479. The highest BCUT2D eigenvalue weighted by Gasteiger charge is 2.60. The minimum Gasteiger partial charge on any atom is -0.466 e. The van der Waals surface area contributed by atoms with Crippen LogP contribution in [-0.4, -0.2) is 32.1 Å². The van der Waals surface area contributed by atoms with Gasteiger partial charge in [0, 0.05) is 11.1 Å². The number of para-hydroxylation sites is 2. The molecule has 0 bridgehead atoms. The predicted molar refractivity (Wildman–Crippen MR) is 91.7 cm³/mol. The van der Waals surface area contributed by atoms with E-state index in [2.05, 4.69) is 0 Å². The largest absolute Gasteiger partial charge is 0.466 e. The van der Waals surface area contributed by atoms with Crippen LogP contribution in [0.5, 0.6) is 11.5 Å². The van der Waals surface area contributed by atoms with Gasteiger partial charge in [-0.3, -0.25) is 0 Å². The second-order valence-electron chi connectivity index (χ2n) is 5.90. The zero-order chi connectivity index (χ0) is 19.2. The fourth-order valence-corrected chi connectivity index (χ4v) is 3.45. The van der Waals surface area contributed by atoms with Crippen LogP contribution in [0.1, 0.15) is 11.1 Å². The van der Waals surface area contributed by atoms with Crippen LogP contribution in [0.2, 0.25) is 0 Å². The molecule has 7 nitrogen and oxygen atoms in total. The molecule has 1 atom stereocenters. The third-order valence-electron chi connectivity index (χ3n) is 4.56. The molecule has 0 spiro atoms. The van der Waals surface area contributed by atoms with Crippen LogP contribution in [-0.2, 0) is 34.2 Å². The third-order valence-corrected chi connectivity index (χ3v) is 4.56. The number of carbonyl (C=O) groups excluding carboxylic acids is 3. The number of benzene rings is 2. The molecule has 1 unspecified atom stereocenters. The molecule has 2 aromatic rings. The highest BCUT2D eigenvalue weighted by Crippen LogP contribution is 2.55. The van der Waals surface area contributed by atoms with Gasteiger partial charge in [0.15, 0.2) is 5.57 Å². The van der Waals surface area contributed by atoms with Gasteiger partial charge in [-0.2, -0.15) is 0 Å². The van der Waals surface area contributed by atoms with Gasteiger partial charge in [-0.15, -0.1) is 0 Å². The highest BCUT2D eigenvalue weighted by atomic mass is 16.6. The van der Waals surface area contributed by atoms with Gasteiger partial charge in [-0.05, 0) is 12.1 Å². The first-order valence-electron chi connectivity index (χ1n) is 8.06. The monoisotopic (exact) mass is 366 g/mol. The Hall–Kier alpha value is -3.61. The summed E-state index contributed by atoms with van der Waals surface area (Å²) in [5, 5.41) is 0. The second kappa shape index (κ2) is 5.98. The number of carbonyl (C=O) groups is 3. The molecule has 2 aliphatic rings. The summed E-state index contributed by atoms with van der Waals surface area (Å²) in [4.78, 5) is 38.0. The predicted octanol–water partition coefficient (Wildman–Crippen LogP) is 2.34. The van der Waals surface area contributed by atoms with Gasteiger partial charge < -0.3 is 18.9 Å². The lowest BCUT2D eigenvalue weighted by atomic mass is 9.81. The summed E-state index contributed by atoms with van der Waals surface area (Å²) in [6, 6.07) is 13.4. The molecule has 0 saturated carbocycles. The lowest BCUT2D eigenvalue weighted by Crippen LogP contribution is -2.38. The Bertz CT molecular complexity index is 1020. The van der Waals surface area contributed by atoms with Crippen molar-refractivity contribution in [3.8, 4) is 11.5 Å². The van der Waals surface area contributed by atoms with Gasteiger partial charge in [0.05, 0.1) is 19.8 Å². The first kappa shape index (κ1) is 16.8. The summed E-state index contributed by atoms with van der Waals surface area (Å²) < 4.78 is 21.2. The van der Waals surface area contributed by atoms with Crippen molar-refractivity contribution in [1.29, 1.82) is 0 Å². The summed E-state index contributed by atoms with van der Waals surface area (Å²) in [6.45, 7) is 0. The van der Waals surface area contributed by atoms with Crippen molar-refractivity contribution in [2.75, 3.05) is 14.2 Å². The average molecular weight is 366 g/mol. The Morgan fingerprint density at radius 1 is 0.926 bits per heavy atom. The van der Waals surface area contributed by atoms with Gasteiger partial charge in [0.2, 0.25) is 0 Å². The summed E-state index contributed by atoms with van der Waals surface area (Å²) in [7, 11) is 2.33. The van der Waals surface area contributed by atoms with Crippen molar-refractivity contribution in [2.24, 2.45) is 0 Å². The van der Waals surface area contributed by atoms with E-state index in [-0.39, 0.29) is 16.7 Å². The number of fused-ring (bicyclic) bond motifs is 5. The maximum Gasteiger partial charge on any atom is 0.360 e. The molecule has 27 heavy (non-hydrogen) atoms. The summed E-state index contributed by atoms with van der Waals surface area (Å²) in [6.07, 6.45) is 0. The first-order chi connectivity index (χ1) is 13.0. The molecule has 0 aliphatic carbocycles. The normalized spacial score (nSPS) is 19.7. The van der Waals surface area contributed by atoms with Crippen LogP contribution in [0.3, 0.4) is 0 Å². The minimum atomic E-state index is -1.97. The SMILES string of the molecule is COC(=O)C1=C2c3ccccc3Oc3ccccc3C2(C(=O)OC)OC1=O. The van der Waals surface area contributed by atoms with Gasteiger partial charge >= 0.3 is 17.9 Å². The fourth-order valence-electron chi connectivity index (χ4n) is 3.45. The molecular weight excluding hydrogens is 352 g/mol. The van der Waals surface area contributed by atoms with E-state index >= 15 is 0 Å². The molecule has 0 aromatic heterocycles. The first-order valence-corrected chi connectivity index (χ1v) is 8.06. The van der Waals surface area contributed by atoms with E-state index in [4.69, 9.17) is 18.9 Å². The van der Waals surface area contributed by atoms with Crippen molar-refractivity contribution in [2.45, 2.75) is 5.60 Å². The molecular formula is C20H14O7. The number of esters is 3. The Morgan fingerprint density at radius 2 is 1.59 bits per heavy atom. The molecule has 136 valence electrons. The molecule has 2 heterocycles. The third kappa shape index (κ3) is 2.18. The molecule has 0 N–H and O–H groups in total. The maximum atomic E-state index is 13.0. The van der Waals surface area contributed by atoms with Gasteiger partial charge in [-0.1, -0.05) is 36.4 Å². The highest BCUT2D eigenvalue weighted by molar-refractivity contribution is 6.27. The van der Waals surface area contributed by atoms with E-state index in [9.17, 15) is 14.4 Å². The van der Waals surface area contributed by atoms with Crippen LogP contribution >= 0.6 is 0 Å². The molecule has 0 fully saturated rings. The van der Waals surface area contributed by atoms with Crippen LogP contribution in [0, 0.1) is 0 Å². The zero-order valence-corrected chi connectivity index (χ0v) is 14.5. The summed E-state index contributed by atoms with van der Waals surface area (Å²) >= 11 is 0. The number of ether oxygens (including phenoxy) is 4. The Balaban J connectivity index is 2.19. The molecule has 4 rings (SSSR count). The quantitative estimate of drug-likeness (QED) is 0.458. The molecule has 0 saturated heterocycles. The van der Waals surface area contributed by atoms with Crippen molar-refractivity contribution in [3.05, 3.63) is 65.2 Å². The average Bonchev–Trinajstić information content (AvgIpc) is 2.94. The Morgan fingerprint density at radius 3 is 2.30 bits per heavy atom. The topological polar surface area (TPSA) is 88.1 Å². The van der Waals surface area contributed by atoms with Gasteiger partial charge in [-0.25, -0.2) is 14.4 Å². The van der Waals surface area contributed by atoms with Gasteiger partial charge in [0.25, 0.3) is 5.60 Å². The molecule has 7 heteroatoms. The van der Waals surface area contributed by atoms with Crippen molar-refractivity contribution in [1.82, 2.24) is 0 Å². The standard InChI is InChI=1S/C20H14O7/c1-24-17(21)15-16-11-7-3-5-9-13(11)26-14-10-6-4-8-12(14)20(16,19(23)25-2)27-18(15)22/h3-10H,1-2H3. The molecule has 2 aliphatic heterocycles. The van der Waals surface area contributed by atoms with Gasteiger partial charge in [0.1, 0.15) is 11.5 Å². The van der Waals surface area contributed by atoms with E-state index in [1.807, 2.05) is 0 Å². The van der Waals surface area contributed by atoms with Crippen LogP contribution in [0.25, 0.3) is 5.57 Å². The van der Waals surface area contributed by atoms with Crippen LogP contribution in [0.15, 0.2) is 54.1 Å². The van der Waals surface area contributed by atoms with E-state index in [0.717, 1.165) is 7.11 Å². The number of methoxy groups -OCH3 is 2. The lowest BCUT2D eigenvalue weighted by molar-refractivity contribution is -0.170. The fraction of sp³-hybridized carbons (Fsp3) is 0.150. The van der Waals surface area contributed by atoms with E-state index in [1.165, 1.54) is 7.11 Å². The van der Waals surface area contributed by atoms with E-state index in [0.29, 0.717) is 17.1 Å². The summed E-state index contributed by atoms with van der Waals surface area (Å²) in [5.74, 6) is -2.05. The van der Waals surface area contributed by atoms with Crippen molar-refractivity contribution >= 4 is 23.5 Å². The lowest BCUT2D eigenvalue weighted by Gasteiger charge is -2.27. The molecule has 0 radical (unpaired) electrons. The number of rotatable bonds is 2. The molecule has 2 aromatic carbocycles. The summed E-state index contributed by atoms with van der Waals surface area (Å²) in [5.41, 5.74) is -1.67. The second-order valence-corrected chi connectivity index (χ2v) is 5.90. The molecule has 0 amide bonds.